The Morgan fingerprint density at radius 1 is 1.00 bits per heavy atom. The van der Waals surface area contributed by atoms with Gasteiger partial charge < -0.3 is 9.47 Å². The summed E-state index contributed by atoms with van der Waals surface area (Å²) in [5, 5.41) is 5.09. The third kappa shape index (κ3) is 5.48. The molecule has 1 aromatic heterocycles. The van der Waals surface area contributed by atoms with E-state index in [-0.39, 0.29) is 18.6 Å². The Morgan fingerprint density at radius 3 is 2.57 bits per heavy atom. The van der Waals surface area contributed by atoms with Gasteiger partial charge in [0.15, 0.2) is 11.5 Å². The lowest BCUT2D eigenvalue weighted by Crippen LogP contribution is -2.19. The van der Waals surface area contributed by atoms with Crippen molar-refractivity contribution in [3.63, 3.8) is 0 Å². The number of nitrogens with zero attached hydrogens (tertiary/aromatic N) is 2. The van der Waals surface area contributed by atoms with Gasteiger partial charge in [-0.2, -0.15) is 5.10 Å². The van der Waals surface area contributed by atoms with Crippen molar-refractivity contribution in [2.24, 2.45) is 11.0 Å². The Morgan fingerprint density at radius 2 is 1.78 bits per heavy atom. The van der Waals surface area contributed by atoms with Crippen LogP contribution in [0.1, 0.15) is 53.7 Å². The molecule has 0 fully saturated rings. The molecule has 5 rings (SSSR count). The Hall–Kier alpha value is -4.19. The summed E-state index contributed by atoms with van der Waals surface area (Å²) in [6.07, 6.45) is 2.53. The molecule has 0 bridgehead atoms. The minimum atomic E-state index is -0.260. The number of hydrogen-bond donors (Lipinski definition) is 1. The third-order valence-corrected chi connectivity index (χ3v) is 6.57. The predicted octanol–water partition coefficient (Wildman–Crippen LogP) is 6.66. The van der Waals surface area contributed by atoms with Crippen molar-refractivity contribution in [2.45, 2.75) is 40.0 Å². The molecular formula is C31H31N3O3. The van der Waals surface area contributed by atoms with E-state index in [1.54, 1.807) is 6.21 Å². The predicted molar refractivity (Wildman–Crippen MR) is 147 cm³/mol. The fraction of sp³-hybridized carbons (Fsp3) is 0.258. The van der Waals surface area contributed by atoms with Gasteiger partial charge in [-0.3, -0.25) is 4.79 Å². The highest BCUT2D eigenvalue weighted by molar-refractivity contribution is 6.07. The van der Waals surface area contributed by atoms with Gasteiger partial charge in [-0.1, -0.05) is 62.7 Å². The lowest BCUT2D eigenvalue weighted by atomic mass is 9.99. The van der Waals surface area contributed by atoms with E-state index in [2.05, 4.69) is 55.6 Å². The summed E-state index contributed by atoms with van der Waals surface area (Å²) in [4.78, 5) is 18.1. The van der Waals surface area contributed by atoms with Crippen molar-refractivity contribution < 1.29 is 14.3 Å². The van der Waals surface area contributed by atoms with Crippen LogP contribution in [0.25, 0.3) is 22.2 Å². The first-order valence-electron chi connectivity index (χ1n) is 12.6. The Kier molecular flexibility index (Phi) is 6.91. The van der Waals surface area contributed by atoms with Crippen LogP contribution >= 0.6 is 0 Å². The first kappa shape index (κ1) is 24.5. The number of hydrogen-bond acceptors (Lipinski definition) is 5. The molecule has 0 saturated carbocycles. The summed E-state index contributed by atoms with van der Waals surface area (Å²) >= 11 is 0. The second kappa shape index (κ2) is 10.4. The van der Waals surface area contributed by atoms with Gasteiger partial charge in [0.05, 0.1) is 16.8 Å². The zero-order chi connectivity index (χ0) is 25.9. The largest absolute Gasteiger partial charge is 0.454 e. The second-order valence-corrected chi connectivity index (χ2v) is 9.94. The molecule has 6 nitrogen and oxygen atoms in total. The van der Waals surface area contributed by atoms with Crippen LogP contribution in [0, 0.1) is 12.8 Å². The monoisotopic (exact) mass is 493 g/mol. The van der Waals surface area contributed by atoms with Crippen molar-refractivity contribution in [1.29, 1.82) is 0 Å². The SMILES string of the molecule is Cc1ccc2nc(-c3ccc(C(C)C)cc3)cc(C(=O)N/N=C\[C@@H](C)Cc3ccc4c(c3)OCO4)c2c1. The van der Waals surface area contributed by atoms with Gasteiger partial charge in [-0.15, -0.1) is 0 Å². The number of carbonyl (C=O) groups is 1. The summed E-state index contributed by atoms with van der Waals surface area (Å²) in [6, 6.07) is 22.1. The van der Waals surface area contributed by atoms with Crippen molar-refractivity contribution in [2.75, 3.05) is 6.79 Å². The number of aromatic nitrogens is 1. The lowest BCUT2D eigenvalue weighted by Gasteiger charge is -2.11. The van der Waals surface area contributed by atoms with E-state index in [4.69, 9.17) is 14.5 Å². The number of pyridine rings is 1. The minimum absolute atomic E-state index is 0.118. The molecule has 1 N–H and O–H groups in total. The molecule has 0 aliphatic carbocycles. The molecule has 0 unspecified atom stereocenters. The summed E-state index contributed by atoms with van der Waals surface area (Å²) in [7, 11) is 0. The van der Waals surface area contributed by atoms with Crippen LogP contribution in [0.5, 0.6) is 11.5 Å². The molecule has 188 valence electrons. The molecule has 1 atom stereocenters. The normalized spacial score (nSPS) is 13.4. The number of aryl methyl sites for hydroxylation is 1. The number of hydrazone groups is 1. The molecule has 0 radical (unpaired) electrons. The number of ether oxygens (including phenoxy) is 2. The topological polar surface area (TPSA) is 72.8 Å². The first-order chi connectivity index (χ1) is 17.9. The van der Waals surface area contributed by atoms with Crippen molar-refractivity contribution in [3.05, 3.63) is 89.0 Å². The zero-order valence-electron chi connectivity index (χ0n) is 21.6. The van der Waals surface area contributed by atoms with Crippen LogP contribution in [0.15, 0.2) is 71.8 Å². The van der Waals surface area contributed by atoms with Crippen molar-refractivity contribution in [3.8, 4) is 22.8 Å². The Balaban J connectivity index is 1.35. The van der Waals surface area contributed by atoms with Crippen LogP contribution in [0.4, 0.5) is 0 Å². The lowest BCUT2D eigenvalue weighted by molar-refractivity contribution is 0.0956. The van der Waals surface area contributed by atoms with Gasteiger partial charge in [0, 0.05) is 17.2 Å². The molecule has 1 aliphatic heterocycles. The first-order valence-corrected chi connectivity index (χ1v) is 12.6. The fourth-order valence-electron chi connectivity index (χ4n) is 4.49. The number of fused-ring (bicyclic) bond motifs is 2. The smallest absolute Gasteiger partial charge is 0.272 e. The Labute approximate surface area is 217 Å². The molecule has 2 heterocycles. The van der Waals surface area contributed by atoms with Crippen LogP contribution in [0.3, 0.4) is 0 Å². The molecule has 37 heavy (non-hydrogen) atoms. The number of amides is 1. The average Bonchev–Trinajstić information content (AvgIpc) is 3.36. The number of benzene rings is 3. The summed E-state index contributed by atoms with van der Waals surface area (Å²) in [5.74, 6) is 1.85. The molecule has 4 aromatic rings. The number of rotatable bonds is 7. The van der Waals surface area contributed by atoms with Gasteiger partial charge in [-0.05, 0) is 66.6 Å². The molecule has 1 aliphatic rings. The maximum atomic E-state index is 13.3. The maximum absolute atomic E-state index is 13.3. The molecular weight excluding hydrogens is 462 g/mol. The third-order valence-electron chi connectivity index (χ3n) is 6.57. The van der Waals surface area contributed by atoms with Crippen LogP contribution in [-0.4, -0.2) is 23.9 Å². The van der Waals surface area contributed by atoms with E-state index in [0.29, 0.717) is 11.5 Å². The summed E-state index contributed by atoms with van der Waals surface area (Å²) in [6.45, 7) is 8.67. The van der Waals surface area contributed by atoms with Gasteiger partial charge in [0.1, 0.15) is 0 Å². The van der Waals surface area contributed by atoms with E-state index < -0.39 is 0 Å². The van der Waals surface area contributed by atoms with E-state index in [9.17, 15) is 4.79 Å². The van der Waals surface area contributed by atoms with E-state index in [1.807, 2.05) is 49.4 Å². The maximum Gasteiger partial charge on any atom is 0.272 e. The number of carbonyl (C=O) groups excluding carboxylic acids is 1. The van der Waals surface area contributed by atoms with Crippen LogP contribution < -0.4 is 14.9 Å². The van der Waals surface area contributed by atoms with Gasteiger partial charge in [0.25, 0.3) is 5.91 Å². The van der Waals surface area contributed by atoms with Crippen molar-refractivity contribution >= 4 is 23.0 Å². The van der Waals surface area contributed by atoms with Gasteiger partial charge >= 0.3 is 0 Å². The summed E-state index contributed by atoms with van der Waals surface area (Å²) < 4.78 is 10.8. The summed E-state index contributed by atoms with van der Waals surface area (Å²) in [5.41, 5.74) is 9.25. The van der Waals surface area contributed by atoms with E-state index in [0.717, 1.165) is 51.2 Å². The van der Waals surface area contributed by atoms with Gasteiger partial charge in [-0.25, -0.2) is 10.4 Å². The molecule has 1 amide bonds. The standard InChI is InChI=1S/C31H31N3O3/c1-19(2)23-7-9-24(10-8-23)28-16-26(25-14-20(3)5-11-27(25)33-28)31(35)34-32-17-21(4)13-22-6-12-29-30(15-22)37-18-36-29/h5-12,14-17,19,21H,13,18H2,1-4H3,(H,34,35)/b32-17-/t21-/m0/s1. The van der Waals surface area contributed by atoms with E-state index >= 15 is 0 Å². The molecule has 0 spiro atoms. The zero-order valence-corrected chi connectivity index (χ0v) is 21.6. The fourth-order valence-corrected chi connectivity index (χ4v) is 4.49. The minimum Gasteiger partial charge on any atom is -0.454 e. The highest BCUT2D eigenvalue weighted by atomic mass is 16.7. The molecule has 3 aromatic carbocycles. The highest BCUT2D eigenvalue weighted by Crippen LogP contribution is 2.33. The number of nitrogens with one attached hydrogen (secondary N) is 1. The molecule has 0 saturated heterocycles. The Bertz CT molecular complexity index is 1480. The quantitative estimate of drug-likeness (QED) is 0.231. The van der Waals surface area contributed by atoms with Crippen molar-refractivity contribution in [1.82, 2.24) is 10.4 Å². The average molecular weight is 494 g/mol. The second-order valence-electron chi connectivity index (χ2n) is 9.94. The highest BCUT2D eigenvalue weighted by Gasteiger charge is 2.16. The van der Waals surface area contributed by atoms with Crippen LogP contribution in [0.2, 0.25) is 0 Å². The van der Waals surface area contributed by atoms with Crippen LogP contribution in [-0.2, 0) is 6.42 Å². The van der Waals surface area contributed by atoms with E-state index in [1.165, 1.54) is 5.56 Å². The van der Waals surface area contributed by atoms with Gasteiger partial charge in [0.2, 0.25) is 6.79 Å². The molecule has 6 heteroatoms.